The summed E-state index contributed by atoms with van der Waals surface area (Å²) in [5.74, 6) is -2.65. The Hall–Kier alpha value is -2.41. The molecular formula is C16H20O7. The van der Waals surface area contributed by atoms with Gasteiger partial charge in [0.1, 0.15) is 0 Å². The normalized spacial score (nSPS) is 11.6. The van der Waals surface area contributed by atoms with E-state index in [0.29, 0.717) is 5.56 Å². The van der Waals surface area contributed by atoms with Crippen LogP contribution in [0.25, 0.3) is 0 Å². The Morgan fingerprint density at radius 1 is 1.13 bits per heavy atom. The number of benzene rings is 1. The second-order valence-electron chi connectivity index (χ2n) is 4.64. The maximum atomic E-state index is 12.0. The molecule has 1 aromatic rings. The lowest BCUT2D eigenvalue weighted by Gasteiger charge is -2.16. The predicted octanol–water partition coefficient (Wildman–Crippen LogP) is 1.48. The van der Waals surface area contributed by atoms with Crippen molar-refractivity contribution in [3.8, 4) is 0 Å². The zero-order valence-electron chi connectivity index (χ0n) is 13.1. The minimum Gasteiger partial charge on any atom is -0.479 e. The molecule has 0 aromatic heterocycles. The van der Waals surface area contributed by atoms with E-state index in [1.54, 1.807) is 26.0 Å². The first-order chi connectivity index (χ1) is 10.9. The van der Waals surface area contributed by atoms with E-state index in [2.05, 4.69) is 0 Å². The van der Waals surface area contributed by atoms with Crippen LogP contribution in [-0.2, 0) is 25.5 Å². The highest BCUT2D eigenvalue weighted by Crippen LogP contribution is 2.25. The number of aliphatic hydroxyl groups is 1. The number of carboxylic acids is 1. The van der Waals surface area contributed by atoms with Crippen molar-refractivity contribution in [3.63, 3.8) is 0 Å². The Labute approximate surface area is 133 Å². The summed E-state index contributed by atoms with van der Waals surface area (Å²) in [6, 6.07) is 4.49. The third-order valence-corrected chi connectivity index (χ3v) is 3.10. The molecule has 2 N–H and O–H groups in total. The van der Waals surface area contributed by atoms with Gasteiger partial charge in [-0.3, -0.25) is 4.79 Å². The van der Waals surface area contributed by atoms with Crippen molar-refractivity contribution >= 4 is 17.9 Å². The van der Waals surface area contributed by atoms with Gasteiger partial charge in [-0.1, -0.05) is 12.1 Å². The molecule has 0 aliphatic carbocycles. The molecule has 1 aromatic carbocycles. The first-order valence-electron chi connectivity index (χ1n) is 7.27. The molecule has 0 saturated heterocycles. The number of esters is 2. The van der Waals surface area contributed by atoms with Gasteiger partial charge in [-0.2, -0.15) is 0 Å². The zero-order valence-corrected chi connectivity index (χ0v) is 13.1. The lowest BCUT2D eigenvalue weighted by atomic mass is 9.93. The van der Waals surface area contributed by atoms with Crippen LogP contribution in [0.5, 0.6) is 0 Å². The quantitative estimate of drug-likeness (QED) is 0.697. The highest BCUT2D eigenvalue weighted by Gasteiger charge is 2.26. The number of carbonyl (C=O) groups excluding carboxylic acids is 2. The molecule has 1 unspecified atom stereocenters. The average molecular weight is 324 g/mol. The van der Waals surface area contributed by atoms with E-state index in [1.165, 1.54) is 6.07 Å². The first kappa shape index (κ1) is 18.6. The fraction of sp³-hybridized carbons (Fsp3) is 0.438. The van der Waals surface area contributed by atoms with Crippen molar-refractivity contribution in [1.82, 2.24) is 0 Å². The van der Waals surface area contributed by atoms with Gasteiger partial charge >= 0.3 is 17.9 Å². The number of aryl methyl sites for hydroxylation is 1. The Kier molecular flexibility index (Phi) is 7.21. The van der Waals surface area contributed by atoms with Crippen LogP contribution < -0.4 is 0 Å². The van der Waals surface area contributed by atoms with Gasteiger partial charge in [0.2, 0.25) is 0 Å². The fourth-order valence-corrected chi connectivity index (χ4v) is 2.13. The van der Waals surface area contributed by atoms with Crippen LogP contribution in [0.2, 0.25) is 0 Å². The summed E-state index contributed by atoms with van der Waals surface area (Å²) in [7, 11) is 0. The van der Waals surface area contributed by atoms with Crippen molar-refractivity contribution in [3.05, 3.63) is 34.9 Å². The monoisotopic (exact) mass is 324 g/mol. The largest absolute Gasteiger partial charge is 0.479 e. The second-order valence-corrected chi connectivity index (χ2v) is 4.64. The number of aliphatic hydroxyl groups excluding tert-OH is 1. The minimum atomic E-state index is -1.88. The first-order valence-corrected chi connectivity index (χ1v) is 7.27. The molecule has 0 aliphatic rings. The third kappa shape index (κ3) is 5.07. The lowest BCUT2D eigenvalue weighted by Crippen LogP contribution is -2.19. The molecule has 126 valence electrons. The van der Waals surface area contributed by atoms with Gasteiger partial charge in [0, 0.05) is 12.0 Å². The summed E-state index contributed by atoms with van der Waals surface area (Å²) in [6.07, 6.45) is -1.72. The Morgan fingerprint density at radius 2 is 1.78 bits per heavy atom. The van der Waals surface area contributed by atoms with Crippen LogP contribution in [0.1, 0.15) is 47.9 Å². The van der Waals surface area contributed by atoms with Crippen molar-refractivity contribution in [2.24, 2.45) is 0 Å². The predicted molar refractivity (Wildman–Crippen MR) is 79.9 cm³/mol. The number of carbonyl (C=O) groups is 3. The lowest BCUT2D eigenvalue weighted by molar-refractivity contribution is -0.147. The fourth-order valence-electron chi connectivity index (χ4n) is 2.13. The van der Waals surface area contributed by atoms with E-state index < -0.39 is 24.0 Å². The summed E-state index contributed by atoms with van der Waals surface area (Å²) in [4.78, 5) is 34.6. The molecule has 0 saturated carbocycles. The molecule has 0 amide bonds. The molecule has 1 rings (SSSR count). The number of rotatable bonds is 8. The summed E-state index contributed by atoms with van der Waals surface area (Å²) >= 11 is 0. The molecule has 0 aliphatic heterocycles. The molecule has 0 heterocycles. The summed E-state index contributed by atoms with van der Waals surface area (Å²) in [5.41, 5.74) is 0.310. The highest BCUT2D eigenvalue weighted by molar-refractivity contribution is 5.93. The van der Waals surface area contributed by atoms with Gasteiger partial charge in [-0.05, 0) is 31.9 Å². The number of hydrogen-bond acceptors (Lipinski definition) is 6. The molecule has 0 radical (unpaired) electrons. The van der Waals surface area contributed by atoms with Gasteiger partial charge in [0.25, 0.3) is 0 Å². The number of ether oxygens (including phenoxy) is 2. The number of carboxylic acid groups (broad SMARTS) is 1. The maximum Gasteiger partial charge on any atom is 0.338 e. The van der Waals surface area contributed by atoms with E-state index in [4.69, 9.17) is 14.6 Å². The van der Waals surface area contributed by atoms with Gasteiger partial charge in [0.15, 0.2) is 6.10 Å². The zero-order chi connectivity index (χ0) is 17.4. The van der Waals surface area contributed by atoms with Crippen LogP contribution >= 0.6 is 0 Å². The van der Waals surface area contributed by atoms with Crippen LogP contribution in [0.15, 0.2) is 18.2 Å². The Balaban J connectivity index is 3.18. The van der Waals surface area contributed by atoms with E-state index in [9.17, 15) is 19.5 Å². The smallest absolute Gasteiger partial charge is 0.338 e. The minimum absolute atomic E-state index is 0.0134. The van der Waals surface area contributed by atoms with Crippen LogP contribution in [0.4, 0.5) is 0 Å². The highest BCUT2D eigenvalue weighted by atomic mass is 16.5. The molecule has 23 heavy (non-hydrogen) atoms. The summed E-state index contributed by atoms with van der Waals surface area (Å²) < 4.78 is 9.70. The molecule has 0 bridgehead atoms. The van der Waals surface area contributed by atoms with Gasteiger partial charge in [-0.25, -0.2) is 9.59 Å². The molecule has 7 heteroatoms. The molecular weight excluding hydrogens is 304 g/mol. The topological polar surface area (TPSA) is 110 Å². The van der Waals surface area contributed by atoms with Crippen molar-refractivity contribution < 1.29 is 34.1 Å². The molecule has 0 spiro atoms. The van der Waals surface area contributed by atoms with Crippen molar-refractivity contribution in [1.29, 1.82) is 0 Å². The maximum absolute atomic E-state index is 12.0. The standard InChI is InChI=1S/C16H20O7/c1-3-22-12(17)9-8-10-6-5-7-11(16(21)23-4-2)13(10)14(18)15(19)20/h5-7,14,18H,3-4,8-9H2,1-2H3,(H,19,20). The average Bonchev–Trinajstić information content (AvgIpc) is 2.52. The van der Waals surface area contributed by atoms with E-state index in [-0.39, 0.29) is 37.2 Å². The molecule has 7 nitrogen and oxygen atoms in total. The molecule has 1 atom stereocenters. The van der Waals surface area contributed by atoms with Crippen LogP contribution in [-0.4, -0.2) is 41.3 Å². The SMILES string of the molecule is CCOC(=O)CCc1cccc(C(=O)OCC)c1C(O)C(=O)O. The number of aliphatic carboxylic acids is 1. The van der Waals surface area contributed by atoms with Gasteiger partial charge in [0.05, 0.1) is 18.8 Å². The Morgan fingerprint density at radius 3 is 2.35 bits per heavy atom. The Bertz CT molecular complexity index is 580. The van der Waals surface area contributed by atoms with E-state index in [1.807, 2.05) is 0 Å². The van der Waals surface area contributed by atoms with E-state index in [0.717, 1.165) is 0 Å². The van der Waals surface area contributed by atoms with Gasteiger partial charge < -0.3 is 19.7 Å². The van der Waals surface area contributed by atoms with Crippen molar-refractivity contribution in [2.45, 2.75) is 32.8 Å². The van der Waals surface area contributed by atoms with Crippen LogP contribution in [0, 0.1) is 0 Å². The van der Waals surface area contributed by atoms with E-state index >= 15 is 0 Å². The van der Waals surface area contributed by atoms with Crippen LogP contribution in [0.3, 0.4) is 0 Å². The molecule has 0 fully saturated rings. The number of hydrogen-bond donors (Lipinski definition) is 2. The summed E-state index contributed by atoms with van der Waals surface area (Å²) in [6.45, 7) is 3.66. The summed E-state index contributed by atoms with van der Waals surface area (Å²) in [5, 5.41) is 19.0. The van der Waals surface area contributed by atoms with Gasteiger partial charge in [-0.15, -0.1) is 0 Å². The third-order valence-electron chi connectivity index (χ3n) is 3.10. The van der Waals surface area contributed by atoms with Crippen molar-refractivity contribution in [2.75, 3.05) is 13.2 Å². The second kappa shape index (κ2) is 8.89.